The maximum atomic E-state index is 12.5. The maximum Gasteiger partial charge on any atom is 0.307 e. The van der Waals surface area contributed by atoms with E-state index >= 15 is 0 Å². The number of aryl methyl sites for hydroxylation is 2. The van der Waals surface area contributed by atoms with Crippen LogP contribution in [0.4, 0.5) is 0 Å². The molecule has 0 saturated heterocycles. The average molecular weight is 291 g/mol. The molecule has 0 aliphatic carbocycles. The number of nitrogens with zero attached hydrogens (tertiary/aromatic N) is 3. The molecule has 0 radical (unpaired) electrons. The Bertz CT molecular complexity index is 693. The lowest BCUT2D eigenvalue weighted by Crippen LogP contribution is -2.29. The first-order chi connectivity index (χ1) is 9.93. The molecule has 2 heterocycles. The standard InChI is InChI=1S/C14H17N3O4/c1-8-7-10(12-9(2)16-21-13(12)15-8)14(19)17(3)6-5-11(18)20-4/h7H,5-6H2,1-4H3. The van der Waals surface area contributed by atoms with Crippen LogP contribution in [-0.2, 0) is 9.53 Å². The predicted octanol–water partition coefficient (Wildman–Crippen LogP) is 1.47. The number of esters is 1. The van der Waals surface area contributed by atoms with Gasteiger partial charge in [0.15, 0.2) is 0 Å². The van der Waals surface area contributed by atoms with Gasteiger partial charge < -0.3 is 14.2 Å². The fraction of sp³-hybridized carbons (Fsp3) is 0.429. The number of hydrogen-bond acceptors (Lipinski definition) is 6. The van der Waals surface area contributed by atoms with Crippen molar-refractivity contribution in [2.45, 2.75) is 20.3 Å². The molecule has 2 aromatic rings. The molecule has 0 bridgehead atoms. The monoisotopic (exact) mass is 291 g/mol. The van der Waals surface area contributed by atoms with Gasteiger partial charge in [0.05, 0.1) is 30.2 Å². The van der Waals surface area contributed by atoms with Crippen LogP contribution in [0.3, 0.4) is 0 Å². The number of rotatable bonds is 4. The number of carbonyl (C=O) groups excluding carboxylic acids is 2. The van der Waals surface area contributed by atoms with Gasteiger partial charge in [0, 0.05) is 19.3 Å². The van der Waals surface area contributed by atoms with Crippen molar-refractivity contribution in [3.63, 3.8) is 0 Å². The van der Waals surface area contributed by atoms with Gasteiger partial charge in [0.25, 0.3) is 11.6 Å². The Morgan fingerprint density at radius 2 is 2.10 bits per heavy atom. The van der Waals surface area contributed by atoms with Gasteiger partial charge in [-0.1, -0.05) is 5.16 Å². The third kappa shape index (κ3) is 3.01. The molecule has 0 saturated carbocycles. The Balaban J connectivity index is 2.30. The molecule has 2 aromatic heterocycles. The Hall–Kier alpha value is -2.44. The second-order valence-corrected chi connectivity index (χ2v) is 4.81. The molecular weight excluding hydrogens is 274 g/mol. The van der Waals surface area contributed by atoms with Crippen molar-refractivity contribution in [1.29, 1.82) is 0 Å². The van der Waals surface area contributed by atoms with E-state index in [2.05, 4.69) is 14.9 Å². The molecular formula is C14H17N3O4. The second-order valence-electron chi connectivity index (χ2n) is 4.81. The fourth-order valence-electron chi connectivity index (χ4n) is 2.05. The SMILES string of the molecule is COC(=O)CCN(C)C(=O)c1cc(C)nc2onc(C)c12. The molecule has 0 aromatic carbocycles. The molecule has 1 amide bonds. The third-order valence-electron chi connectivity index (χ3n) is 3.20. The summed E-state index contributed by atoms with van der Waals surface area (Å²) >= 11 is 0. The molecule has 0 N–H and O–H groups in total. The van der Waals surface area contributed by atoms with Gasteiger partial charge in [-0.2, -0.15) is 0 Å². The van der Waals surface area contributed by atoms with Crippen molar-refractivity contribution in [2.75, 3.05) is 20.7 Å². The van der Waals surface area contributed by atoms with E-state index in [-0.39, 0.29) is 24.8 Å². The molecule has 0 spiro atoms. The van der Waals surface area contributed by atoms with E-state index in [1.54, 1.807) is 27.0 Å². The first-order valence-corrected chi connectivity index (χ1v) is 6.50. The van der Waals surface area contributed by atoms with Crippen molar-refractivity contribution < 1.29 is 18.8 Å². The molecule has 0 aliphatic rings. The average Bonchev–Trinajstić information content (AvgIpc) is 2.83. The summed E-state index contributed by atoms with van der Waals surface area (Å²) in [5, 5.41) is 4.45. The fourth-order valence-corrected chi connectivity index (χ4v) is 2.05. The van der Waals surface area contributed by atoms with Crippen LogP contribution >= 0.6 is 0 Å². The van der Waals surface area contributed by atoms with Crippen LogP contribution in [0, 0.1) is 13.8 Å². The summed E-state index contributed by atoms with van der Waals surface area (Å²) in [5.74, 6) is -0.562. The van der Waals surface area contributed by atoms with Crippen LogP contribution < -0.4 is 0 Å². The van der Waals surface area contributed by atoms with E-state index in [0.717, 1.165) is 0 Å². The smallest absolute Gasteiger partial charge is 0.307 e. The zero-order valence-corrected chi connectivity index (χ0v) is 12.5. The molecule has 112 valence electrons. The van der Waals surface area contributed by atoms with Crippen molar-refractivity contribution in [1.82, 2.24) is 15.0 Å². The quantitative estimate of drug-likeness (QED) is 0.793. The third-order valence-corrected chi connectivity index (χ3v) is 3.20. The lowest BCUT2D eigenvalue weighted by molar-refractivity contribution is -0.140. The van der Waals surface area contributed by atoms with E-state index in [1.807, 2.05) is 0 Å². The summed E-state index contributed by atoms with van der Waals surface area (Å²) in [4.78, 5) is 29.4. The van der Waals surface area contributed by atoms with Gasteiger partial charge in [-0.15, -0.1) is 0 Å². The van der Waals surface area contributed by atoms with Gasteiger partial charge in [-0.05, 0) is 19.9 Å². The van der Waals surface area contributed by atoms with E-state index in [4.69, 9.17) is 4.52 Å². The van der Waals surface area contributed by atoms with Gasteiger partial charge in [0.2, 0.25) is 0 Å². The number of amides is 1. The maximum absolute atomic E-state index is 12.5. The van der Waals surface area contributed by atoms with Crippen LogP contribution in [0.5, 0.6) is 0 Å². The highest BCUT2D eigenvalue weighted by Gasteiger charge is 2.20. The Kier molecular flexibility index (Phi) is 4.21. The highest BCUT2D eigenvalue weighted by atomic mass is 16.5. The van der Waals surface area contributed by atoms with Gasteiger partial charge in [-0.3, -0.25) is 9.59 Å². The van der Waals surface area contributed by atoms with Crippen LogP contribution in [-0.4, -0.2) is 47.6 Å². The summed E-state index contributed by atoms with van der Waals surface area (Å²) in [6, 6.07) is 1.70. The number of fused-ring (bicyclic) bond motifs is 1. The van der Waals surface area contributed by atoms with Crippen LogP contribution in [0.1, 0.15) is 28.2 Å². The van der Waals surface area contributed by atoms with E-state index in [1.165, 1.54) is 12.0 Å². The predicted molar refractivity (Wildman–Crippen MR) is 74.9 cm³/mol. The molecule has 21 heavy (non-hydrogen) atoms. The highest BCUT2D eigenvalue weighted by molar-refractivity contribution is 6.06. The van der Waals surface area contributed by atoms with E-state index in [9.17, 15) is 9.59 Å². The normalized spacial score (nSPS) is 10.7. The van der Waals surface area contributed by atoms with Gasteiger partial charge >= 0.3 is 5.97 Å². The highest BCUT2D eigenvalue weighted by Crippen LogP contribution is 2.22. The topological polar surface area (TPSA) is 85.5 Å². The lowest BCUT2D eigenvalue weighted by atomic mass is 10.1. The molecule has 2 rings (SSSR count). The van der Waals surface area contributed by atoms with E-state index < -0.39 is 0 Å². The molecule has 0 fully saturated rings. The number of carbonyl (C=O) groups is 2. The largest absolute Gasteiger partial charge is 0.469 e. The number of pyridine rings is 1. The summed E-state index contributed by atoms with van der Waals surface area (Å²) < 4.78 is 9.68. The zero-order chi connectivity index (χ0) is 15.6. The summed E-state index contributed by atoms with van der Waals surface area (Å²) in [6.07, 6.45) is 0.147. The number of methoxy groups -OCH3 is 1. The summed E-state index contributed by atoms with van der Waals surface area (Å²) in [6.45, 7) is 3.81. The zero-order valence-electron chi connectivity index (χ0n) is 12.5. The minimum absolute atomic E-state index is 0.147. The van der Waals surface area contributed by atoms with Crippen LogP contribution in [0.15, 0.2) is 10.6 Å². The van der Waals surface area contributed by atoms with Gasteiger partial charge in [0.1, 0.15) is 0 Å². The summed E-state index contributed by atoms with van der Waals surface area (Å²) in [7, 11) is 2.95. The molecule has 7 heteroatoms. The molecule has 0 unspecified atom stereocenters. The van der Waals surface area contributed by atoms with Crippen molar-refractivity contribution in [3.05, 3.63) is 23.0 Å². The first-order valence-electron chi connectivity index (χ1n) is 6.50. The number of ether oxygens (including phenoxy) is 1. The first kappa shape index (κ1) is 15.0. The number of aromatic nitrogens is 2. The molecule has 0 aliphatic heterocycles. The second kappa shape index (κ2) is 5.90. The van der Waals surface area contributed by atoms with Crippen LogP contribution in [0.25, 0.3) is 11.1 Å². The molecule has 0 atom stereocenters. The lowest BCUT2D eigenvalue weighted by Gasteiger charge is -2.17. The molecule has 7 nitrogen and oxygen atoms in total. The minimum Gasteiger partial charge on any atom is -0.469 e. The minimum atomic E-state index is -0.355. The van der Waals surface area contributed by atoms with Crippen molar-refractivity contribution >= 4 is 23.0 Å². The van der Waals surface area contributed by atoms with Gasteiger partial charge in [-0.25, -0.2) is 4.98 Å². The van der Waals surface area contributed by atoms with Crippen molar-refractivity contribution in [3.8, 4) is 0 Å². The Labute approximate surface area is 121 Å². The number of hydrogen-bond donors (Lipinski definition) is 0. The Morgan fingerprint density at radius 1 is 1.38 bits per heavy atom. The Morgan fingerprint density at radius 3 is 2.76 bits per heavy atom. The summed E-state index contributed by atoms with van der Waals surface area (Å²) in [5.41, 5.74) is 2.10. The van der Waals surface area contributed by atoms with Crippen LogP contribution in [0.2, 0.25) is 0 Å². The van der Waals surface area contributed by atoms with Crippen molar-refractivity contribution in [2.24, 2.45) is 0 Å². The van der Waals surface area contributed by atoms with E-state index in [0.29, 0.717) is 28.1 Å².